The number of amides is 2. The summed E-state index contributed by atoms with van der Waals surface area (Å²) in [5, 5.41) is 0. The molecule has 2 amide bonds. The molecule has 9 nitrogen and oxygen atoms in total. The van der Waals surface area contributed by atoms with Gasteiger partial charge in [-0.3, -0.25) is 14.6 Å². The van der Waals surface area contributed by atoms with Crippen molar-refractivity contribution in [2.45, 2.75) is 56.6 Å². The van der Waals surface area contributed by atoms with Crippen molar-refractivity contribution in [3.63, 3.8) is 0 Å². The second kappa shape index (κ2) is 15.8. The molecule has 1 aromatic heterocycles. The number of nitrogens with zero attached hydrogens (tertiary/aromatic N) is 4. The molecule has 2 fully saturated rings. The van der Waals surface area contributed by atoms with Crippen molar-refractivity contribution in [2.75, 3.05) is 57.9 Å². The number of methoxy groups -OCH3 is 1. The monoisotopic (exact) mass is 722 g/mol. The lowest BCUT2D eigenvalue weighted by Gasteiger charge is -2.51. The molecule has 2 atom stereocenters. The van der Waals surface area contributed by atoms with Crippen LogP contribution in [0.1, 0.15) is 54.1 Å². The highest BCUT2D eigenvalue weighted by atomic mass is 19.4. The van der Waals surface area contributed by atoms with E-state index in [1.807, 2.05) is 24.3 Å². The molecular formula is C36H40F6N4O5. The van der Waals surface area contributed by atoms with E-state index in [2.05, 4.69) is 9.88 Å². The van der Waals surface area contributed by atoms with E-state index in [0.29, 0.717) is 38.5 Å². The number of hydrogen-bond acceptors (Lipinski definition) is 7. The fraction of sp³-hybridized carbons (Fsp3) is 0.472. The molecule has 3 heterocycles. The summed E-state index contributed by atoms with van der Waals surface area (Å²) in [6, 6.07) is 11.0. The number of alkyl halides is 6. The quantitative estimate of drug-likeness (QED) is 0.161. The number of ether oxygens (including phenoxy) is 3. The lowest BCUT2D eigenvalue weighted by atomic mass is 9.79. The third kappa shape index (κ3) is 8.35. The highest BCUT2D eigenvalue weighted by molar-refractivity contribution is 5.97. The van der Waals surface area contributed by atoms with E-state index in [1.54, 1.807) is 18.9 Å². The highest BCUT2D eigenvalue weighted by Crippen LogP contribution is 2.41. The molecule has 0 spiro atoms. The maximum atomic E-state index is 14.8. The number of piperazine rings is 1. The van der Waals surface area contributed by atoms with Gasteiger partial charge in [-0.2, -0.15) is 26.3 Å². The summed E-state index contributed by atoms with van der Waals surface area (Å²) in [5.74, 6) is -0.846. The minimum absolute atomic E-state index is 0.0364. The maximum Gasteiger partial charge on any atom is 0.417 e. The zero-order valence-electron chi connectivity index (χ0n) is 28.3. The Labute approximate surface area is 292 Å². The van der Waals surface area contributed by atoms with Gasteiger partial charge in [0, 0.05) is 58.6 Å². The summed E-state index contributed by atoms with van der Waals surface area (Å²) >= 11 is 0. The fourth-order valence-corrected chi connectivity index (χ4v) is 6.79. The molecule has 0 radical (unpaired) electrons. The van der Waals surface area contributed by atoms with Crippen LogP contribution >= 0.6 is 0 Å². The lowest BCUT2D eigenvalue weighted by Crippen LogP contribution is -2.69. The van der Waals surface area contributed by atoms with Crippen LogP contribution in [0.25, 0.3) is 0 Å². The van der Waals surface area contributed by atoms with E-state index in [4.69, 9.17) is 14.2 Å². The number of para-hydroxylation sites is 2. The van der Waals surface area contributed by atoms with Crippen LogP contribution in [0.5, 0.6) is 11.5 Å². The van der Waals surface area contributed by atoms with Crippen LogP contribution in [0, 0.1) is 0 Å². The molecular weight excluding hydrogens is 682 g/mol. The first kappa shape index (κ1) is 37.7. The molecule has 2 aliphatic heterocycles. The largest absolute Gasteiger partial charge is 0.489 e. The Morgan fingerprint density at radius 2 is 1.61 bits per heavy atom. The van der Waals surface area contributed by atoms with Crippen LogP contribution in [0.3, 0.4) is 0 Å². The van der Waals surface area contributed by atoms with Crippen molar-refractivity contribution < 1.29 is 50.1 Å². The van der Waals surface area contributed by atoms with Crippen molar-refractivity contribution >= 4 is 17.5 Å². The van der Waals surface area contributed by atoms with E-state index in [9.17, 15) is 35.9 Å². The summed E-state index contributed by atoms with van der Waals surface area (Å²) in [7, 11) is 1.57. The standard InChI is InChI=1S/C36H40F6N4O5/c1-3-7-31-34(51-26-12-10-25(11-13-26)35(37,38)39,15-6-17-46(31)32(47)27-24-43-16-14-28(27)36(40,41)42)33(48)45-20-18-44(19-21-45)29-8-4-5-9-30(29)50-23-22-49-2/h4-5,8-14,16,24,31H,3,6-7,15,17-23H2,1-2H3. The molecule has 2 saturated heterocycles. The second-order valence-corrected chi connectivity index (χ2v) is 12.4. The Hall–Kier alpha value is -4.53. The Morgan fingerprint density at radius 3 is 2.25 bits per heavy atom. The van der Waals surface area contributed by atoms with Gasteiger partial charge in [-0.05, 0) is 55.3 Å². The average Bonchev–Trinajstić information content (AvgIpc) is 3.12. The molecule has 0 bridgehead atoms. The highest BCUT2D eigenvalue weighted by Gasteiger charge is 2.56. The number of benzene rings is 2. The van der Waals surface area contributed by atoms with Gasteiger partial charge in [-0.15, -0.1) is 0 Å². The van der Waals surface area contributed by atoms with E-state index in [0.717, 1.165) is 48.4 Å². The molecule has 15 heteroatoms. The van der Waals surface area contributed by atoms with Crippen molar-refractivity contribution in [3.8, 4) is 11.5 Å². The van der Waals surface area contributed by atoms with Crippen LogP contribution in [0.2, 0.25) is 0 Å². The molecule has 276 valence electrons. The lowest BCUT2D eigenvalue weighted by molar-refractivity contribution is -0.159. The third-order valence-corrected chi connectivity index (χ3v) is 9.20. The second-order valence-electron chi connectivity index (χ2n) is 12.4. The molecule has 2 aliphatic rings. The number of carbonyl (C=O) groups is 2. The molecule has 2 aromatic carbocycles. The molecule has 2 unspecified atom stereocenters. The van der Waals surface area contributed by atoms with Crippen LogP contribution in [-0.2, 0) is 21.9 Å². The first-order valence-corrected chi connectivity index (χ1v) is 16.7. The Balaban J connectivity index is 1.49. The molecule has 5 rings (SSSR count). The smallest absolute Gasteiger partial charge is 0.417 e. The maximum absolute atomic E-state index is 14.8. The number of anilines is 1. The number of likely N-dealkylation sites (tertiary alicyclic amines) is 1. The normalized spacial score (nSPS) is 19.9. The predicted octanol–water partition coefficient (Wildman–Crippen LogP) is 6.72. The van der Waals surface area contributed by atoms with Crippen molar-refractivity contribution in [3.05, 3.63) is 83.7 Å². The first-order valence-electron chi connectivity index (χ1n) is 16.7. The van der Waals surface area contributed by atoms with Crippen molar-refractivity contribution in [1.29, 1.82) is 0 Å². The molecule has 51 heavy (non-hydrogen) atoms. The van der Waals surface area contributed by atoms with Gasteiger partial charge >= 0.3 is 12.4 Å². The molecule has 0 N–H and O–H groups in total. The van der Waals surface area contributed by atoms with Gasteiger partial charge in [0.25, 0.3) is 11.8 Å². The fourth-order valence-electron chi connectivity index (χ4n) is 6.79. The SMILES string of the molecule is CCCC1N(C(=O)c2cnccc2C(F)(F)F)CCCC1(Oc1ccc(C(F)(F)F)cc1)C(=O)N1CCN(c2ccccc2OCCOC)CC1. The first-order chi connectivity index (χ1) is 24.3. The van der Waals surface area contributed by atoms with E-state index in [-0.39, 0.29) is 44.6 Å². The number of carbonyl (C=O) groups excluding carboxylic acids is 2. The minimum Gasteiger partial charge on any atom is -0.489 e. The topological polar surface area (TPSA) is 84.4 Å². The average molecular weight is 723 g/mol. The number of piperidine rings is 1. The summed E-state index contributed by atoms with van der Waals surface area (Å²) in [6.07, 6.45) is -6.79. The van der Waals surface area contributed by atoms with Gasteiger partial charge in [-0.1, -0.05) is 25.5 Å². The van der Waals surface area contributed by atoms with Crippen LogP contribution < -0.4 is 14.4 Å². The molecule has 0 saturated carbocycles. The van der Waals surface area contributed by atoms with Gasteiger partial charge in [-0.25, -0.2) is 0 Å². The van der Waals surface area contributed by atoms with Gasteiger partial charge in [0.2, 0.25) is 5.60 Å². The predicted molar refractivity (Wildman–Crippen MR) is 176 cm³/mol. The number of rotatable bonds is 11. The third-order valence-electron chi connectivity index (χ3n) is 9.20. The number of hydrogen-bond donors (Lipinski definition) is 0. The van der Waals surface area contributed by atoms with Crippen molar-refractivity contribution in [1.82, 2.24) is 14.8 Å². The summed E-state index contributed by atoms with van der Waals surface area (Å²) in [5.41, 5.74) is -3.73. The number of aromatic nitrogens is 1. The van der Waals surface area contributed by atoms with Gasteiger partial charge in [0.1, 0.15) is 18.1 Å². The zero-order valence-corrected chi connectivity index (χ0v) is 28.3. The molecule has 3 aromatic rings. The van der Waals surface area contributed by atoms with Crippen LogP contribution in [0.15, 0.2) is 67.0 Å². The van der Waals surface area contributed by atoms with Crippen LogP contribution in [-0.4, -0.2) is 91.3 Å². The van der Waals surface area contributed by atoms with Gasteiger partial charge in [0.15, 0.2) is 0 Å². The van der Waals surface area contributed by atoms with Gasteiger partial charge in [0.05, 0.1) is 35.0 Å². The number of halogens is 6. The summed E-state index contributed by atoms with van der Waals surface area (Å²) in [6.45, 7) is 3.85. The van der Waals surface area contributed by atoms with E-state index >= 15 is 0 Å². The van der Waals surface area contributed by atoms with E-state index < -0.39 is 52.5 Å². The Bertz CT molecular complexity index is 1650. The number of pyridine rings is 1. The summed E-state index contributed by atoms with van der Waals surface area (Å²) in [4.78, 5) is 37.5. The van der Waals surface area contributed by atoms with Crippen molar-refractivity contribution in [2.24, 2.45) is 0 Å². The Morgan fingerprint density at radius 1 is 0.902 bits per heavy atom. The Kier molecular flexibility index (Phi) is 11.7. The summed E-state index contributed by atoms with van der Waals surface area (Å²) < 4.78 is 99.8. The van der Waals surface area contributed by atoms with E-state index in [1.165, 1.54) is 4.90 Å². The molecule has 0 aliphatic carbocycles. The van der Waals surface area contributed by atoms with Gasteiger partial charge < -0.3 is 28.9 Å². The van der Waals surface area contributed by atoms with Crippen LogP contribution in [0.4, 0.5) is 32.0 Å². The zero-order chi connectivity index (χ0) is 36.8. The minimum atomic E-state index is -4.85.